The molecule has 1 rings (SSSR count). The van der Waals surface area contributed by atoms with Crippen LogP contribution in [0.15, 0.2) is 18.2 Å². The molecular weight excluding hydrogens is 227 g/mol. The zero-order valence-corrected chi connectivity index (χ0v) is 9.37. The summed E-state index contributed by atoms with van der Waals surface area (Å²) in [7, 11) is 0. The first-order chi connectivity index (χ1) is 6.25. The van der Waals surface area contributed by atoms with Gasteiger partial charge in [-0.25, -0.2) is 0 Å². The van der Waals surface area contributed by atoms with Gasteiger partial charge in [0, 0.05) is 0 Å². The molecular formula is C9H10Cl2OS. The molecule has 0 amide bonds. The standard InChI is InChI=1S/C9H10Cl2OS/c10-7-3-1-4-8(11)9(7)12-5-2-6-13/h1,3-4,13H,2,5-6H2. The molecule has 0 fully saturated rings. The van der Waals surface area contributed by atoms with Crippen molar-refractivity contribution in [2.24, 2.45) is 0 Å². The minimum atomic E-state index is 0.548. The van der Waals surface area contributed by atoms with E-state index in [0.29, 0.717) is 22.4 Å². The van der Waals surface area contributed by atoms with Gasteiger partial charge in [-0.3, -0.25) is 0 Å². The smallest absolute Gasteiger partial charge is 0.156 e. The molecule has 0 saturated carbocycles. The van der Waals surface area contributed by atoms with Gasteiger partial charge in [0.1, 0.15) is 0 Å². The molecule has 0 saturated heterocycles. The molecule has 0 bridgehead atoms. The fourth-order valence-electron chi connectivity index (χ4n) is 0.859. The van der Waals surface area contributed by atoms with Crippen molar-refractivity contribution in [3.05, 3.63) is 28.2 Å². The molecule has 0 unspecified atom stereocenters. The van der Waals surface area contributed by atoms with Crippen LogP contribution in [0.4, 0.5) is 0 Å². The molecule has 4 heteroatoms. The van der Waals surface area contributed by atoms with Gasteiger partial charge in [0.2, 0.25) is 0 Å². The summed E-state index contributed by atoms with van der Waals surface area (Å²) in [5, 5.41) is 1.10. The van der Waals surface area contributed by atoms with Crippen molar-refractivity contribution in [3.8, 4) is 5.75 Å². The summed E-state index contributed by atoms with van der Waals surface area (Å²) in [6.07, 6.45) is 0.880. The van der Waals surface area contributed by atoms with Gasteiger partial charge in [0.25, 0.3) is 0 Å². The van der Waals surface area contributed by atoms with Crippen LogP contribution in [-0.2, 0) is 0 Å². The number of halogens is 2. The molecule has 0 aromatic heterocycles. The fourth-order valence-corrected chi connectivity index (χ4v) is 1.49. The van der Waals surface area contributed by atoms with Crippen molar-refractivity contribution in [2.75, 3.05) is 12.4 Å². The van der Waals surface area contributed by atoms with Crippen LogP contribution in [-0.4, -0.2) is 12.4 Å². The van der Waals surface area contributed by atoms with Gasteiger partial charge in [-0.15, -0.1) is 0 Å². The second-order valence-corrected chi connectivity index (χ2v) is 3.74. The first-order valence-electron chi connectivity index (χ1n) is 3.93. The lowest BCUT2D eigenvalue weighted by atomic mass is 10.3. The lowest BCUT2D eigenvalue weighted by Gasteiger charge is -2.08. The highest BCUT2D eigenvalue weighted by Gasteiger charge is 2.05. The Kier molecular flexibility index (Phi) is 4.78. The minimum absolute atomic E-state index is 0.548. The summed E-state index contributed by atoms with van der Waals surface area (Å²) in [5.41, 5.74) is 0. The van der Waals surface area contributed by atoms with E-state index in [9.17, 15) is 0 Å². The number of benzene rings is 1. The summed E-state index contributed by atoms with van der Waals surface area (Å²) >= 11 is 15.8. The van der Waals surface area contributed by atoms with Crippen LogP contribution in [0.1, 0.15) is 6.42 Å². The van der Waals surface area contributed by atoms with E-state index in [2.05, 4.69) is 12.6 Å². The highest BCUT2D eigenvalue weighted by molar-refractivity contribution is 7.80. The summed E-state index contributed by atoms with van der Waals surface area (Å²) in [4.78, 5) is 0. The molecule has 1 nitrogen and oxygen atoms in total. The zero-order valence-electron chi connectivity index (χ0n) is 6.96. The highest BCUT2D eigenvalue weighted by Crippen LogP contribution is 2.32. The Morgan fingerprint density at radius 3 is 2.38 bits per heavy atom. The van der Waals surface area contributed by atoms with Crippen molar-refractivity contribution >= 4 is 35.8 Å². The molecule has 0 aliphatic rings. The first-order valence-corrected chi connectivity index (χ1v) is 5.32. The Balaban J connectivity index is 2.64. The van der Waals surface area contributed by atoms with Crippen LogP contribution < -0.4 is 4.74 Å². The number of thiol groups is 1. The summed E-state index contributed by atoms with van der Waals surface area (Å²) in [6.45, 7) is 0.590. The molecule has 0 aliphatic heterocycles. The molecule has 0 N–H and O–H groups in total. The quantitative estimate of drug-likeness (QED) is 0.620. The van der Waals surface area contributed by atoms with Crippen molar-refractivity contribution in [1.29, 1.82) is 0 Å². The van der Waals surface area contributed by atoms with Crippen LogP contribution in [0, 0.1) is 0 Å². The van der Waals surface area contributed by atoms with Crippen LogP contribution >= 0.6 is 35.8 Å². The van der Waals surface area contributed by atoms with E-state index < -0.39 is 0 Å². The molecule has 1 aromatic carbocycles. The van der Waals surface area contributed by atoms with Crippen molar-refractivity contribution < 1.29 is 4.74 Å². The maximum atomic E-state index is 5.88. The number of hydrogen-bond donors (Lipinski definition) is 1. The molecule has 0 heterocycles. The zero-order chi connectivity index (χ0) is 9.68. The molecule has 0 radical (unpaired) electrons. The average Bonchev–Trinajstić information content (AvgIpc) is 2.10. The SMILES string of the molecule is SCCCOc1c(Cl)cccc1Cl. The Bertz CT molecular complexity index is 258. The third-order valence-electron chi connectivity index (χ3n) is 1.47. The Hall–Kier alpha value is -0.0500. The Labute approximate surface area is 93.4 Å². The maximum Gasteiger partial charge on any atom is 0.156 e. The third-order valence-corrected chi connectivity index (χ3v) is 2.38. The number of rotatable bonds is 4. The van der Waals surface area contributed by atoms with Crippen molar-refractivity contribution in [2.45, 2.75) is 6.42 Å². The molecule has 13 heavy (non-hydrogen) atoms. The van der Waals surface area contributed by atoms with Crippen molar-refractivity contribution in [1.82, 2.24) is 0 Å². The van der Waals surface area contributed by atoms with Crippen LogP contribution in [0.25, 0.3) is 0 Å². The molecule has 0 aliphatic carbocycles. The van der Waals surface area contributed by atoms with Gasteiger partial charge in [0.05, 0.1) is 16.7 Å². The highest BCUT2D eigenvalue weighted by atomic mass is 35.5. The topological polar surface area (TPSA) is 9.23 Å². The second-order valence-electron chi connectivity index (χ2n) is 2.48. The maximum absolute atomic E-state index is 5.88. The first kappa shape index (κ1) is 11.0. The van der Waals surface area contributed by atoms with Crippen LogP contribution in [0.5, 0.6) is 5.75 Å². The van der Waals surface area contributed by atoms with Gasteiger partial charge >= 0.3 is 0 Å². The molecule has 72 valence electrons. The second kappa shape index (κ2) is 5.63. The van der Waals surface area contributed by atoms with Gasteiger partial charge in [0.15, 0.2) is 5.75 Å². The van der Waals surface area contributed by atoms with E-state index in [-0.39, 0.29) is 0 Å². The van der Waals surface area contributed by atoms with E-state index >= 15 is 0 Å². The monoisotopic (exact) mass is 236 g/mol. The van der Waals surface area contributed by atoms with Gasteiger partial charge < -0.3 is 4.74 Å². The van der Waals surface area contributed by atoms with Gasteiger partial charge in [-0.05, 0) is 24.3 Å². The fraction of sp³-hybridized carbons (Fsp3) is 0.333. The predicted molar refractivity (Wildman–Crippen MR) is 60.4 cm³/mol. The molecule has 0 atom stereocenters. The van der Waals surface area contributed by atoms with E-state index in [1.165, 1.54) is 0 Å². The lowest BCUT2D eigenvalue weighted by Crippen LogP contribution is -1.98. The van der Waals surface area contributed by atoms with Crippen molar-refractivity contribution in [3.63, 3.8) is 0 Å². The number of ether oxygens (including phenoxy) is 1. The lowest BCUT2D eigenvalue weighted by molar-refractivity contribution is 0.319. The summed E-state index contributed by atoms with van der Waals surface area (Å²) in [6, 6.07) is 5.29. The number of para-hydroxylation sites is 1. The normalized spacial score (nSPS) is 10.1. The summed E-state index contributed by atoms with van der Waals surface area (Å²) < 4.78 is 5.40. The predicted octanol–water partition coefficient (Wildman–Crippen LogP) is 3.69. The van der Waals surface area contributed by atoms with E-state index in [1.807, 2.05) is 0 Å². The van der Waals surface area contributed by atoms with E-state index in [4.69, 9.17) is 27.9 Å². The van der Waals surface area contributed by atoms with E-state index in [1.54, 1.807) is 18.2 Å². The summed E-state index contributed by atoms with van der Waals surface area (Å²) in [5.74, 6) is 1.36. The third kappa shape index (κ3) is 3.29. The largest absolute Gasteiger partial charge is 0.490 e. The Morgan fingerprint density at radius 2 is 1.85 bits per heavy atom. The minimum Gasteiger partial charge on any atom is -0.490 e. The van der Waals surface area contributed by atoms with Gasteiger partial charge in [-0.1, -0.05) is 29.3 Å². The van der Waals surface area contributed by atoms with Crippen LogP contribution in [0.3, 0.4) is 0 Å². The Morgan fingerprint density at radius 1 is 1.23 bits per heavy atom. The average molecular weight is 237 g/mol. The molecule has 1 aromatic rings. The number of hydrogen-bond acceptors (Lipinski definition) is 2. The van der Waals surface area contributed by atoms with Gasteiger partial charge in [-0.2, -0.15) is 12.6 Å². The van der Waals surface area contributed by atoms with Crippen LogP contribution in [0.2, 0.25) is 10.0 Å². The molecule has 0 spiro atoms. The van der Waals surface area contributed by atoms with E-state index in [0.717, 1.165) is 12.2 Å².